The molecule has 2 fully saturated rings. The molecule has 0 bridgehead atoms. The highest BCUT2D eigenvalue weighted by molar-refractivity contribution is 5.47. The molecule has 130 valence electrons. The number of likely N-dealkylation sites (N-methyl/N-ethyl adjacent to an activating group) is 1. The highest BCUT2D eigenvalue weighted by Crippen LogP contribution is 2.23. The topological polar surface area (TPSA) is 45.0 Å². The lowest BCUT2D eigenvalue weighted by Gasteiger charge is -2.42. The fraction of sp³-hybridized carbons (Fsp3) is 0.667. The number of piperazine rings is 1. The Morgan fingerprint density at radius 3 is 2.00 bits per heavy atom. The Bertz CT molecular complexity index is 435. The molecule has 2 saturated heterocycles. The van der Waals surface area contributed by atoms with Crippen molar-refractivity contribution in [1.82, 2.24) is 9.80 Å². The quantitative estimate of drug-likeness (QED) is 0.841. The van der Waals surface area contributed by atoms with Gasteiger partial charge in [-0.05, 0) is 38.9 Å². The number of hydrogen-bond donors (Lipinski definition) is 1. The van der Waals surface area contributed by atoms with Crippen molar-refractivity contribution >= 4 is 5.69 Å². The van der Waals surface area contributed by atoms with Gasteiger partial charge in [-0.2, -0.15) is 0 Å². The monoisotopic (exact) mass is 320 g/mol. The highest BCUT2D eigenvalue weighted by atomic mass is 16.6. The van der Waals surface area contributed by atoms with E-state index in [0.717, 1.165) is 6.04 Å². The number of piperidine rings is 1. The van der Waals surface area contributed by atoms with Crippen molar-refractivity contribution in [2.45, 2.75) is 25.8 Å². The lowest BCUT2D eigenvalue weighted by molar-refractivity contribution is 0.0982. The van der Waals surface area contributed by atoms with Gasteiger partial charge in [0.1, 0.15) is 0 Å². The number of nitrogens with zero attached hydrogens (tertiary/aromatic N) is 3. The Morgan fingerprint density at radius 1 is 0.957 bits per heavy atom. The standard InChI is InChI=1S/C17H27N3.CH5NO/c1-15-3-5-16(6-4-15)19-9-7-17(8-10-19)20-13-11-18(2)12-14-20;1-3-2/h3-6,17H,7-14H2,1-2H3;2H2,1H3. The molecule has 0 spiro atoms. The minimum absolute atomic E-state index is 0.811. The minimum Gasteiger partial charge on any atom is -0.371 e. The summed E-state index contributed by atoms with van der Waals surface area (Å²) in [6.07, 6.45) is 2.63. The normalized spacial score (nSPS) is 21.0. The molecule has 0 amide bonds. The summed E-state index contributed by atoms with van der Waals surface area (Å²) in [4.78, 5) is 11.5. The van der Waals surface area contributed by atoms with Crippen molar-refractivity contribution in [3.63, 3.8) is 0 Å². The van der Waals surface area contributed by atoms with Crippen LogP contribution in [0.5, 0.6) is 0 Å². The number of hydrogen-bond acceptors (Lipinski definition) is 5. The van der Waals surface area contributed by atoms with E-state index < -0.39 is 0 Å². The molecule has 3 rings (SSSR count). The van der Waals surface area contributed by atoms with Gasteiger partial charge in [0, 0.05) is 51.0 Å². The molecule has 0 radical (unpaired) electrons. The third kappa shape index (κ3) is 5.46. The smallest absolute Gasteiger partial charge is 0.0569 e. The lowest BCUT2D eigenvalue weighted by atomic mass is 10.0. The second-order valence-electron chi connectivity index (χ2n) is 6.63. The first kappa shape index (κ1) is 18.2. The summed E-state index contributed by atoms with van der Waals surface area (Å²) in [6.45, 7) is 9.55. The third-order valence-electron chi connectivity index (χ3n) is 4.92. The minimum atomic E-state index is 0.811. The molecule has 2 heterocycles. The van der Waals surface area contributed by atoms with E-state index in [1.54, 1.807) is 0 Å². The van der Waals surface area contributed by atoms with E-state index in [-0.39, 0.29) is 0 Å². The molecule has 0 atom stereocenters. The molecule has 2 aliphatic rings. The fourth-order valence-corrected chi connectivity index (χ4v) is 3.43. The van der Waals surface area contributed by atoms with Crippen molar-refractivity contribution in [2.75, 3.05) is 58.3 Å². The third-order valence-corrected chi connectivity index (χ3v) is 4.92. The van der Waals surface area contributed by atoms with E-state index in [4.69, 9.17) is 0 Å². The molecule has 0 aliphatic carbocycles. The summed E-state index contributed by atoms with van der Waals surface area (Å²) in [5.74, 6) is 4.35. The molecule has 1 aromatic rings. The zero-order valence-corrected chi connectivity index (χ0v) is 14.9. The van der Waals surface area contributed by atoms with Gasteiger partial charge in [0.25, 0.3) is 0 Å². The summed E-state index contributed by atoms with van der Waals surface area (Å²) >= 11 is 0. The van der Waals surface area contributed by atoms with Gasteiger partial charge in [0.15, 0.2) is 0 Å². The maximum Gasteiger partial charge on any atom is 0.0569 e. The number of benzene rings is 1. The molecule has 2 N–H and O–H groups in total. The molecular formula is C18H32N4O. The van der Waals surface area contributed by atoms with Crippen molar-refractivity contribution in [1.29, 1.82) is 0 Å². The Balaban J connectivity index is 0.000000595. The Morgan fingerprint density at radius 2 is 1.48 bits per heavy atom. The van der Waals surface area contributed by atoms with E-state index in [1.165, 1.54) is 70.5 Å². The molecule has 0 aromatic heterocycles. The van der Waals surface area contributed by atoms with Crippen LogP contribution in [0.15, 0.2) is 24.3 Å². The summed E-state index contributed by atoms with van der Waals surface area (Å²) in [6, 6.07) is 9.80. The largest absolute Gasteiger partial charge is 0.371 e. The number of rotatable bonds is 2. The molecule has 0 saturated carbocycles. The summed E-state index contributed by atoms with van der Waals surface area (Å²) in [5.41, 5.74) is 2.74. The zero-order valence-electron chi connectivity index (χ0n) is 14.9. The first-order valence-corrected chi connectivity index (χ1v) is 8.61. The van der Waals surface area contributed by atoms with E-state index in [2.05, 4.69) is 63.7 Å². The number of aryl methyl sites for hydroxylation is 1. The van der Waals surface area contributed by atoms with Crippen LogP contribution < -0.4 is 10.8 Å². The van der Waals surface area contributed by atoms with Crippen LogP contribution in [0.1, 0.15) is 18.4 Å². The van der Waals surface area contributed by atoms with Gasteiger partial charge in [-0.3, -0.25) is 4.90 Å². The maximum atomic E-state index is 4.35. The van der Waals surface area contributed by atoms with Crippen LogP contribution in [-0.4, -0.2) is 69.3 Å². The van der Waals surface area contributed by atoms with Crippen molar-refractivity contribution < 1.29 is 4.84 Å². The predicted molar refractivity (Wildman–Crippen MR) is 96.7 cm³/mol. The van der Waals surface area contributed by atoms with Gasteiger partial charge in [-0.1, -0.05) is 17.7 Å². The van der Waals surface area contributed by atoms with Gasteiger partial charge in [0.2, 0.25) is 0 Å². The molecule has 1 aromatic carbocycles. The van der Waals surface area contributed by atoms with Crippen LogP contribution in [0.25, 0.3) is 0 Å². The van der Waals surface area contributed by atoms with E-state index in [0.29, 0.717) is 0 Å². The highest BCUT2D eigenvalue weighted by Gasteiger charge is 2.26. The maximum absolute atomic E-state index is 4.35. The molecule has 5 heteroatoms. The van der Waals surface area contributed by atoms with Gasteiger partial charge in [-0.25, -0.2) is 5.90 Å². The van der Waals surface area contributed by atoms with Crippen molar-refractivity contribution in [3.05, 3.63) is 29.8 Å². The molecule has 5 nitrogen and oxygen atoms in total. The second kappa shape index (κ2) is 9.23. The van der Waals surface area contributed by atoms with Crippen LogP contribution in [-0.2, 0) is 4.84 Å². The van der Waals surface area contributed by atoms with E-state index >= 15 is 0 Å². The zero-order chi connectivity index (χ0) is 16.7. The molecule has 23 heavy (non-hydrogen) atoms. The Kier molecular flexibility index (Phi) is 7.30. The van der Waals surface area contributed by atoms with Crippen molar-refractivity contribution in [2.24, 2.45) is 5.90 Å². The van der Waals surface area contributed by atoms with E-state index in [9.17, 15) is 0 Å². The van der Waals surface area contributed by atoms with Crippen LogP contribution in [0, 0.1) is 6.92 Å². The fourth-order valence-electron chi connectivity index (χ4n) is 3.43. The first-order valence-electron chi connectivity index (χ1n) is 8.61. The molecule has 2 aliphatic heterocycles. The summed E-state index contributed by atoms with van der Waals surface area (Å²) < 4.78 is 0. The number of anilines is 1. The van der Waals surface area contributed by atoms with Gasteiger partial charge in [0.05, 0.1) is 7.11 Å². The van der Waals surface area contributed by atoms with Gasteiger partial charge < -0.3 is 14.6 Å². The predicted octanol–water partition coefficient (Wildman–Crippen LogP) is 1.72. The number of nitrogens with two attached hydrogens (primary N) is 1. The van der Waals surface area contributed by atoms with Crippen molar-refractivity contribution in [3.8, 4) is 0 Å². The summed E-state index contributed by atoms with van der Waals surface area (Å²) in [5, 5.41) is 0. The Hall–Kier alpha value is -1.14. The lowest BCUT2D eigenvalue weighted by Crippen LogP contribution is -2.52. The first-order chi connectivity index (χ1) is 11.1. The van der Waals surface area contributed by atoms with Gasteiger partial charge >= 0.3 is 0 Å². The van der Waals surface area contributed by atoms with E-state index in [1.807, 2.05) is 0 Å². The molecular weight excluding hydrogens is 288 g/mol. The molecule has 0 unspecified atom stereocenters. The Labute approximate surface area is 140 Å². The summed E-state index contributed by atoms with van der Waals surface area (Å²) in [7, 11) is 3.64. The van der Waals surface area contributed by atoms with Crippen LogP contribution in [0.4, 0.5) is 5.69 Å². The van der Waals surface area contributed by atoms with Crippen LogP contribution in [0.3, 0.4) is 0 Å². The van der Waals surface area contributed by atoms with Crippen LogP contribution >= 0.6 is 0 Å². The second-order valence-corrected chi connectivity index (χ2v) is 6.63. The van der Waals surface area contributed by atoms with Crippen LogP contribution in [0.2, 0.25) is 0 Å². The average molecular weight is 320 g/mol. The SMILES string of the molecule is CON.Cc1ccc(N2CCC(N3CCN(C)CC3)CC2)cc1. The average Bonchev–Trinajstić information content (AvgIpc) is 2.57. The van der Waals surface area contributed by atoms with Gasteiger partial charge in [-0.15, -0.1) is 0 Å².